The van der Waals surface area contributed by atoms with Crippen LogP contribution in [0.15, 0.2) is 41.3 Å². The predicted molar refractivity (Wildman–Crippen MR) is 76.6 cm³/mol. The van der Waals surface area contributed by atoms with Gasteiger partial charge in [-0.2, -0.15) is 5.26 Å². The first-order valence-electron chi connectivity index (χ1n) is 6.21. The Balaban J connectivity index is 1.82. The van der Waals surface area contributed by atoms with Gasteiger partial charge in [0.15, 0.2) is 6.04 Å². The fourth-order valence-corrected chi connectivity index (χ4v) is 2.35. The van der Waals surface area contributed by atoms with Gasteiger partial charge in [-0.1, -0.05) is 15.9 Å². The van der Waals surface area contributed by atoms with Crippen molar-refractivity contribution in [2.45, 2.75) is 24.9 Å². The number of halogens is 1. The van der Waals surface area contributed by atoms with Crippen molar-refractivity contribution >= 4 is 21.6 Å². The molecule has 0 aliphatic heterocycles. The van der Waals surface area contributed by atoms with Crippen LogP contribution in [0.3, 0.4) is 0 Å². The number of imidazole rings is 1. The standard InChI is InChI=1S/C14H13BrN4/c15-10-1-3-11(4-2-10)18-13(7-16)14-8-17-9-19(14)12-5-6-12/h1-4,8-9,12-13,18H,5-6H2. The summed E-state index contributed by atoms with van der Waals surface area (Å²) in [7, 11) is 0. The van der Waals surface area contributed by atoms with Crippen molar-refractivity contribution in [3.63, 3.8) is 0 Å². The average molecular weight is 317 g/mol. The van der Waals surface area contributed by atoms with E-state index >= 15 is 0 Å². The summed E-state index contributed by atoms with van der Waals surface area (Å²) in [5, 5.41) is 12.6. The molecule has 0 spiro atoms. The van der Waals surface area contributed by atoms with E-state index in [1.54, 1.807) is 6.20 Å². The fraction of sp³-hybridized carbons (Fsp3) is 0.286. The number of anilines is 1. The second-order valence-corrected chi connectivity index (χ2v) is 5.59. The number of rotatable bonds is 4. The zero-order valence-corrected chi connectivity index (χ0v) is 11.8. The molecule has 4 nitrogen and oxygen atoms in total. The lowest BCUT2D eigenvalue weighted by Gasteiger charge is -2.15. The molecule has 1 unspecified atom stereocenters. The van der Waals surface area contributed by atoms with E-state index in [9.17, 15) is 5.26 Å². The Morgan fingerprint density at radius 2 is 2.11 bits per heavy atom. The van der Waals surface area contributed by atoms with E-state index in [1.807, 2.05) is 30.6 Å². The van der Waals surface area contributed by atoms with Crippen LogP contribution in [-0.4, -0.2) is 9.55 Å². The summed E-state index contributed by atoms with van der Waals surface area (Å²) >= 11 is 3.40. The van der Waals surface area contributed by atoms with E-state index < -0.39 is 0 Å². The zero-order valence-electron chi connectivity index (χ0n) is 10.3. The van der Waals surface area contributed by atoms with Crippen molar-refractivity contribution in [3.05, 3.63) is 47.0 Å². The maximum Gasteiger partial charge on any atom is 0.156 e. The van der Waals surface area contributed by atoms with Crippen molar-refractivity contribution in [3.8, 4) is 6.07 Å². The molecule has 1 fully saturated rings. The summed E-state index contributed by atoms with van der Waals surface area (Å²) in [6.45, 7) is 0. The maximum absolute atomic E-state index is 9.38. The molecular formula is C14H13BrN4. The number of aromatic nitrogens is 2. The van der Waals surface area contributed by atoms with Crippen LogP contribution in [0, 0.1) is 11.3 Å². The first kappa shape index (κ1) is 12.2. The van der Waals surface area contributed by atoms with Crippen LogP contribution < -0.4 is 5.32 Å². The highest BCUT2D eigenvalue weighted by Crippen LogP contribution is 2.37. The lowest BCUT2D eigenvalue weighted by molar-refractivity contribution is 0.684. The van der Waals surface area contributed by atoms with Crippen LogP contribution in [0.5, 0.6) is 0 Å². The lowest BCUT2D eigenvalue weighted by Crippen LogP contribution is -2.13. The monoisotopic (exact) mass is 316 g/mol. The molecule has 96 valence electrons. The molecule has 19 heavy (non-hydrogen) atoms. The number of nitriles is 1. The topological polar surface area (TPSA) is 53.6 Å². The summed E-state index contributed by atoms with van der Waals surface area (Å²) in [6.07, 6.45) is 5.96. The molecule has 2 aromatic rings. The lowest BCUT2D eigenvalue weighted by atomic mass is 10.2. The molecule has 0 radical (unpaired) electrons. The number of hydrogen-bond acceptors (Lipinski definition) is 3. The van der Waals surface area contributed by atoms with Crippen LogP contribution in [0.1, 0.15) is 30.6 Å². The smallest absolute Gasteiger partial charge is 0.156 e. The molecule has 1 aromatic heterocycles. The fourth-order valence-electron chi connectivity index (χ4n) is 2.08. The molecular weight excluding hydrogens is 304 g/mol. The highest BCUT2D eigenvalue weighted by molar-refractivity contribution is 9.10. The van der Waals surface area contributed by atoms with Crippen molar-refractivity contribution in [1.29, 1.82) is 5.26 Å². The van der Waals surface area contributed by atoms with Crippen LogP contribution in [0.25, 0.3) is 0 Å². The number of nitrogens with zero attached hydrogens (tertiary/aromatic N) is 3. The van der Waals surface area contributed by atoms with Gasteiger partial charge < -0.3 is 9.88 Å². The van der Waals surface area contributed by atoms with Crippen molar-refractivity contribution in [2.24, 2.45) is 0 Å². The quantitative estimate of drug-likeness (QED) is 0.936. The molecule has 3 rings (SSSR count). The van der Waals surface area contributed by atoms with Gasteiger partial charge in [0.25, 0.3) is 0 Å². The van der Waals surface area contributed by atoms with E-state index in [2.05, 4.69) is 36.9 Å². The van der Waals surface area contributed by atoms with Crippen molar-refractivity contribution in [2.75, 3.05) is 5.32 Å². The van der Waals surface area contributed by atoms with Gasteiger partial charge in [-0.15, -0.1) is 0 Å². The van der Waals surface area contributed by atoms with Gasteiger partial charge in [0.2, 0.25) is 0 Å². The Morgan fingerprint density at radius 3 is 2.74 bits per heavy atom. The molecule has 1 heterocycles. The number of nitrogens with one attached hydrogen (secondary N) is 1. The minimum atomic E-state index is -0.371. The Labute approximate surface area is 120 Å². The minimum Gasteiger partial charge on any atom is -0.365 e. The Morgan fingerprint density at radius 1 is 1.37 bits per heavy atom. The molecule has 1 aromatic carbocycles. The first-order chi connectivity index (χ1) is 9.28. The summed E-state index contributed by atoms with van der Waals surface area (Å²) in [6, 6.07) is 10.3. The molecule has 1 aliphatic carbocycles. The summed E-state index contributed by atoms with van der Waals surface area (Å²) in [5.41, 5.74) is 1.87. The van der Waals surface area contributed by atoms with Gasteiger partial charge in [-0.05, 0) is 37.1 Å². The van der Waals surface area contributed by atoms with E-state index in [0.29, 0.717) is 6.04 Å². The largest absolute Gasteiger partial charge is 0.365 e. The third kappa shape index (κ3) is 2.64. The summed E-state index contributed by atoms with van der Waals surface area (Å²) in [5.74, 6) is 0. The molecule has 1 aliphatic rings. The number of hydrogen-bond donors (Lipinski definition) is 1. The average Bonchev–Trinajstić information content (AvgIpc) is 3.16. The van der Waals surface area contributed by atoms with Crippen LogP contribution >= 0.6 is 15.9 Å². The van der Waals surface area contributed by atoms with Gasteiger partial charge in [-0.25, -0.2) is 4.98 Å². The molecule has 1 saturated carbocycles. The highest BCUT2D eigenvalue weighted by atomic mass is 79.9. The summed E-state index contributed by atoms with van der Waals surface area (Å²) in [4.78, 5) is 4.17. The van der Waals surface area contributed by atoms with Gasteiger partial charge in [0, 0.05) is 16.2 Å². The normalized spacial score (nSPS) is 15.8. The van der Waals surface area contributed by atoms with Gasteiger partial charge in [-0.3, -0.25) is 0 Å². The van der Waals surface area contributed by atoms with Crippen molar-refractivity contribution in [1.82, 2.24) is 9.55 Å². The second-order valence-electron chi connectivity index (χ2n) is 4.67. The van der Waals surface area contributed by atoms with E-state index in [4.69, 9.17) is 0 Å². The summed E-state index contributed by atoms with van der Waals surface area (Å²) < 4.78 is 3.13. The van der Waals surface area contributed by atoms with Gasteiger partial charge in [0.1, 0.15) is 0 Å². The zero-order chi connectivity index (χ0) is 13.2. The SMILES string of the molecule is N#CC(Nc1ccc(Br)cc1)c1cncn1C1CC1. The third-order valence-electron chi connectivity index (χ3n) is 3.22. The van der Waals surface area contributed by atoms with Crippen molar-refractivity contribution < 1.29 is 0 Å². The molecule has 1 atom stereocenters. The molecule has 0 saturated heterocycles. The van der Waals surface area contributed by atoms with Crippen LogP contribution in [0.2, 0.25) is 0 Å². The second kappa shape index (κ2) is 5.06. The highest BCUT2D eigenvalue weighted by Gasteiger charge is 2.27. The van der Waals surface area contributed by atoms with E-state index in [1.165, 1.54) is 12.8 Å². The third-order valence-corrected chi connectivity index (χ3v) is 3.75. The van der Waals surface area contributed by atoms with E-state index in [-0.39, 0.29) is 6.04 Å². The molecule has 5 heteroatoms. The molecule has 0 amide bonds. The first-order valence-corrected chi connectivity index (χ1v) is 7.00. The Kier molecular flexibility index (Phi) is 3.26. The van der Waals surface area contributed by atoms with Crippen LogP contribution in [-0.2, 0) is 0 Å². The Bertz CT molecular complexity index is 607. The molecule has 0 bridgehead atoms. The van der Waals surface area contributed by atoms with Crippen LogP contribution in [0.4, 0.5) is 5.69 Å². The number of benzene rings is 1. The van der Waals surface area contributed by atoms with E-state index in [0.717, 1.165) is 15.9 Å². The van der Waals surface area contributed by atoms with Gasteiger partial charge in [0.05, 0.1) is 24.3 Å². The minimum absolute atomic E-state index is 0.371. The Hall–Kier alpha value is -1.80. The van der Waals surface area contributed by atoms with Gasteiger partial charge >= 0.3 is 0 Å². The molecule has 1 N–H and O–H groups in total. The predicted octanol–water partition coefficient (Wildman–Crippen LogP) is 3.66. The maximum atomic E-state index is 9.38.